The van der Waals surface area contributed by atoms with Crippen molar-refractivity contribution in [3.8, 4) is 17.1 Å². The SMILES string of the molecule is Oc1ccc(Br)cc1/C=N\n1c(-c2ccccc2F)n[nH]c1=S. The topological polar surface area (TPSA) is 66.2 Å². The first-order valence-corrected chi connectivity index (χ1v) is 7.71. The van der Waals surface area contributed by atoms with Gasteiger partial charge in [-0.3, -0.25) is 0 Å². The van der Waals surface area contributed by atoms with Crippen molar-refractivity contribution in [1.29, 1.82) is 0 Å². The standard InChI is InChI=1S/C15H10BrFN4OS/c16-10-5-6-13(22)9(7-10)8-18-21-14(19-20-15(21)23)11-3-1-2-4-12(11)17/h1-8,22H,(H,20,23)/b18-8-. The highest BCUT2D eigenvalue weighted by molar-refractivity contribution is 9.10. The van der Waals surface area contributed by atoms with Crippen molar-refractivity contribution in [2.75, 3.05) is 0 Å². The van der Waals surface area contributed by atoms with E-state index in [9.17, 15) is 9.50 Å². The fourth-order valence-corrected chi connectivity index (χ4v) is 2.52. The van der Waals surface area contributed by atoms with Crippen LogP contribution in [0.4, 0.5) is 4.39 Å². The number of aromatic nitrogens is 3. The van der Waals surface area contributed by atoms with Gasteiger partial charge in [0.25, 0.3) is 0 Å². The van der Waals surface area contributed by atoms with E-state index in [0.717, 1.165) is 4.47 Å². The van der Waals surface area contributed by atoms with Gasteiger partial charge in [0.2, 0.25) is 4.77 Å². The first-order valence-electron chi connectivity index (χ1n) is 6.51. The summed E-state index contributed by atoms with van der Waals surface area (Å²) in [6.07, 6.45) is 1.43. The summed E-state index contributed by atoms with van der Waals surface area (Å²) in [5, 5.41) is 20.6. The van der Waals surface area contributed by atoms with E-state index in [1.54, 1.807) is 30.3 Å². The lowest BCUT2D eigenvalue weighted by Crippen LogP contribution is -1.97. The molecule has 1 aromatic heterocycles. The molecule has 0 radical (unpaired) electrons. The lowest BCUT2D eigenvalue weighted by molar-refractivity contribution is 0.474. The van der Waals surface area contributed by atoms with Gasteiger partial charge in [-0.1, -0.05) is 28.1 Å². The number of phenolic OH excluding ortho intramolecular Hbond substituents is 1. The van der Waals surface area contributed by atoms with Gasteiger partial charge in [0.1, 0.15) is 11.6 Å². The summed E-state index contributed by atoms with van der Waals surface area (Å²) in [6, 6.07) is 11.2. The van der Waals surface area contributed by atoms with Gasteiger partial charge in [-0.15, -0.1) is 0 Å². The Bertz CT molecular complexity index is 951. The van der Waals surface area contributed by atoms with Crippen LogP contribution in [0, 0.1) is 10.6 Å². The largest absolute Gasteiger partial charge is 0.507 e. The minimum Gasteiger partial charge on any atom is -0.507 e. The molecule has 23 heavy (non-hydrogen) atoms. The number of nitrogens with zero attached hydrogens (tertiary/aromatic N) is 3. The van der Waals surface area contributed by atoms with Crippen molar-refractivity contribution >= 4 is 34.4 Å². The molecule has 0 atom stereocenters. The lowest BCUT2D eigenvalue weighted by atomic mass is 10.2. The van der Waals surface area contributed by atoms with Crippen LogP contribution in [0.25, 0.3) is 11.4 Å². The number of hydrogen-bond donors (Lipinski definition) is 2. The Kier molecular flexibility index (Phi) is 4.35. The van der Waals surface area contributed by atoms with E-state index < -0.39 is 5.82 Å². The molecular formula is C15H10BrFN4OS. The fourth-order valence-electron chi connectivity index (χ4n) is 1.96. The maximum Gasteiger partial charge on any atom is 0.216 e. The van der Waals surface area contributed by atoms with Gasteiger partial charge < -0.3 is 5.11 Å². The van der Waals surface area contributed by atoms with Gasteiger partial charge in [0.05, 0.1) is 11.8 Å². The monoisotopic (exact) mass is 392 g/mol. The summed E-state index contributed by atoms with van der Waals surface area (Å²) in [6.45, 7) is 0. The molecule has 2 aromatic carbocycles. The van der Waals surface area contributed by atoms with Gasteiger partial charge >= 0.3 is 0 Å². The molecule has 0 fully saturated rings. The Balaban J connectivity index is 2.06. The summed E-state index contributed by atoms with van der Waals surface area (Å²) >= 11 is 8.45. The summed E-state index contributed by atoms with van der Waals surface area (Å²) in [4.78, 5) is 0. The second-order valence-electron chi connectivity index (χ2n) is 4.59. The van der Waals surface area contributed by atoms with E-state index in [4.69, 9.17) is 12.2 Å². The van der Waals surface area contributed by atoms with Crippen LogP contribution in [0.3, 0.4) is 0 Å². The fraction of sp³-hybridized carbons (Fsp3) is 0. The van der Waals surface area contributed by atoms with Crippen LogP contribution in [0.15, 0.2) is 52.0 Å². The number of phenols is 1. The predicted molar refractivity (Wildman–Crippen MR) is 91.6 cm³/mol. The highest BCUT2D eigenvalue weighted by Crippen LogP contribution is 2.22. The van der Waals surface area contributed by atoms with Crippen LogP contribution < -0.4 is 0 Å². The maximum atomic E-state index is 13.9. The molecule has 0 aliphatic rings. The first-order chi connectivity index (χ1) is 11.1. The molecule has 3 rings (SSSR count). The van der Waals surface area contributed by atoms with Gasteiger partial charge in [-0.25, -0.2) is 9.49 Å². The third-order valence-corrected chi connectivity index (χ3v) is 3.82. The lowest BCUT2D eigenvalue weighted by Gasteiger charge is -2.03. The van der Waals surface area contributed by atoms with E-state index in [-0.39, 0.29) is 21.9 Å². The quantitative estimate of drug-likeness (QED) is 0.520. The second kappa shape index (κ2) is 6.43. The van der Waals surface area contributed by atoms with Gasteiger partial charge in [-0.2, -0.15) is 14.9 Å². The van der Waals surface area contributed by atoms with Gasteiger partial charge in [0, 0.05) is 10.0 Å². The van der Waals surface area contributed by atoms with Crippen molar-refractivity contribution in [3.63, 3.8) is 0 Å². The minimum absolute atomic E-state index is 0.0689. The molecule has 0 spiro atoms. The average Bonchev–Trinajstić information content (AvgIpc) is 2.89. The Morgan fingerprint density at radius 3 is 2.87 bits per heavy atom. The average molecular weight is 393 g/mol. The zero-order valence-electron chi connectivity index (χ0n) is 11.6. The Morgan fingerprint density at radius 1 is 1.30 bits per heavy atom. The van der Waals surface area contributed by atoms with Crippen LogP contribution in [-0.4, -0.2) is 26.2 Å². The third kappa shape index (κ3) is 3.22. The predicted octanol–water partition coefficient (Wildman–Crippen LogP) is 4.10. The number of benzene rings is 2. The Morgan fingerprint density at radius 2 is 2.09 bits per heavy atom. The van der Waals surface area contributed by atoms with Crippen LogP contribution in [-0.2, 0) is 0 Å². The van der Waals surface area contributed by atoms with Crippen molar-refractivity contribution in [2.45, 2.75) is 0 Å². The number of rotatable bonds is 3. The number of hydrogen-bond acceptors (Lipinski definition) is 4. The maximum absolute atomic E-state index is 13.9. The van der Waals surface area contributed by atoms with Crippen molar-refractivity contribution in [1.82, 2.24) is 14.9 Å². The van der Waals surface area contributed by atoms with Gasteiger partial charge in [0.15, 0.2) is 5.82 Å². The molecule has 116 valence electrons. The van der Waals surface area contributed by atoms with Crippen molar-refractivity contribution in [2.24, 2.45) is 5.10 Å². The molecule has 0 saturated carbocycles. The number of aromatic amines is 1. The molecule has 5 nitrogen and oxygen atoms in total. The zero-order chi connectivity index (χ0) is 16.4. The summed E-state index contributed by atoms with van der Waals surface area (Å²) < 4.78 is 16.3. The third-order valence-electron chi connectivity index (χ3n) is 3.07. The number of nitrogens with one attached hydrogen (secondary N) is 1. The highest BCUT2D eigenvalue weighted by Gasteiger charge is 2.12. The smallest absolute Gasteiger partial charge is 0.216 e. The summed E-state index contributed by atoms with van der Waals surface area (Å²) in [7, 11) is 0. The van der Waals surface area contributed by atoms with Crippen LogP contribution in [0.2, 0.25) is 0 Å². The molecule has 1 heterocycles. The Labute approximate surface area is 144 Å². The molecule has 0 aliphatic heterocycles. The van der Waals surface area contributed by atoms with E-state index in [1.165, 1.54) is 23.0 Å². The Hall–Kier alpha value is -2.32. The van der Waals surface area contributed by atoms with Crippen molar-refractivity contribution < 1.29 is 9.50 Å². The second-order valence-corrected chi connectivity index (χ2v) is 5.89. The molecular weight excluding hydrogens is 383 g/mol. The van der Waals surface area contributed by atoms with Gasteiger partial charge in [-0.05, 0) is 42.5 Å². The van der Waals surface area contributed by atoms with Crippen LogP contribution in [0.1, 0.15) is 5.56 Å². The minimum atomic E-state index is -0.428. The number of halogens is 2. The molecule has 0 saturated heterocycles. The van der Waals surface area contributed by atoms with E-state index in [2.05, 4.69) is 31.2 Å². The van der Waals surface area contributed by atoms with Crippen molar-refractivity contribution in [3.05, 3.63) is 63.1 Å². The number of aromatic hydroxyl groups is 1. The normalized spacial score (nSPS) is 11.2. The summed E-state index contributed by atoms with van der Waals surface area (Å²) in [5.41, 5.74) is 0.762. The first kappa shape index (κ1) is 15.6. The number of H-pyrrole nitrogens is 1. The molecule has 3 aromatic rings. The van der Waals surface area contributed by atoms with E-state index in [0.29, 0.717) is 5.56 Å². The molecule has 2 N–H and O–H groups in total. The zero-order valence-corrected chi connectivity index (χ0v) is 14.0. The highest BCUT2D eigenvalue weighted by atomic mass is 79.9. The van der Waals surface area contributed by atoms with E-state index in [1.807, 2.05) is 0 Å². The molecule has 0 aliphatic carbocycles. The molecule has 0 bridgehead atoms. The molecule has 0 unspecified atom stereocenters. The molecule has 0 amide bonds. The van der Waals surface area contributed by atoms with Crippen LogP contribution >= 0.6 is 28.1 Å². The molecule has 8 heteroatoms. The van der Waals surface area contributed by atoms with Crippen LogP contribution in [0.5, 0.6) is 5.75 Å². The summed E-state index contributed by atoms with van der Waals surface area (Å²) in [5.74, 6) is -0.110. The van der Waals surface area contributed by atoms with E-state index >= 15 is 0 Å².